The van der Waals surface area contributed by atoms with E-state index in [1.165, 1.54) is 0 Å². The Morgan fingerprint density at radius 3 is 2.88 bits per heavy atom. The first-order chi connectivity index (χ1) is 8.16. The summed E-state index contributed by atoms with van der Waals surface area (Å²) in [6, 6.07) is 4.26. The quantitative estimate of drug-likeness (QED) is 0.586. The molecule has 0 bridgehead atoms. The summed E-state index contributed by atoms with van der Waals surface area (Å²) < 4.78 is 0. The molecular weight excluding hydrogens is 216 g/mol. The fourth-order valence-electron chi connectivity index (χ4n) is 3.11. The van der Waals surface area contributed by atoms with E-state index < -0.39 is 0 Å². The van der Waals surface area contributed by atoms with Gasteiger partial charge >= 0.3 is 0 Å². The van der Waals surface area contributed by atoms with Gasteiger partial charge < -0.3 is 15.5 Å². The predicted molar refractivity (Wildman–Crippen MR) is 65.3 cm³/mol. The van der Waals surface area contributed by atoms with Crippen molar-refractivity contribution in [1.82, 2.24) is 10.2 Å². The number of benzene rings is 1. The lowest BCUT2D eigenvalue weighted by Gasteiger charge is -2.44. The number of nitrogens with zero attached hydrogens (tertiary/aromatic N) is 1. The van der Waals surface area contributed by atoms with Crippen molar-refractivity contribution in [3.05, 3.63) is 23.3 Å². The number of piperazine rings is 1. The second kappa shape index (κ2) is 3.89. The highest BCUT2D eigenvalue weighted by Gasteiger charge is 2.33. The van der Waals surface area contributed by atoms with E-state index in [4.69, 9.17) is 0 Å². The Morgan fingerprint density at radius 2 is 2.06 bits per heavy atom. The van der Waals surface area contributed by atoms with Gasteiger partial charge in [-0.2, -0.15) is 0 Å². The second-order valence-electron chi connectivity index (χ2n) is 5.02. The van der Waals surface area contributed by atoms with Gasteiger partial charge in [0.2, 0.25) is 0 Å². The summed E-state index contributed by atoms with van der Waals surface area (Å²) in [5.41, 5.74) is 2.32. The molecule has 2 heterocycles. The van der Waals surface area contributed by atoms with E-state index in [0.717, 1.165) is 37.2 Å². The van der Waals surface area contributed by atoms with Crippen LogP contribution in [0, 0.1) is 0 Å². The molecule has 0 radical (unpaired) electrons. The molecule has 17 heavy (non-hydrogen) atoms. The highest BCUT2D eigenvalue weighted by atomic mass is 16.3. The molecule has 4 nitrogen and oxygen atoms in total. The highest BCUT2D eigenvalue weighted by molar-refractivity contribution is 5.48. The Bertz CT molecular complexity index is 447. The number of hydrogen-bond donors (Lipinski definition) is 3. The highest BCUT2D eigenvalue weighted by Crippen LogP contribution is 2.38. The van der Waals surface area contributed by atoms with Gasteiger partial charge in [-0.3, -0.25) is 4.90 Å². The first-order valence-corrected chi connectivity index (χ1v) is 6.18. The molecule has 0 saturated carbocycles. The van der Waals surface area contributed by atoms with E-state index in [1.54, 1.807) is 12.1 Å². The number of phenolic OH excluding ortho intramolecular Hbond substituents is 2. The number of rotatable bonds is 0. The van der Waals surface area contributed by atoms with Gasteiger partial charge in [0.25, 0.3) is 0 Å². The molecule has 2 aliphatic heterocycles. The van der Waals surface area contributed by atoms with Crippen molar-refractivity contribution in [1.29, 1.82) is 0 Å². The number of hydrogen-bond acceptors (Lipinski definition) is 4. The van der Waals surface area contributed by atoms with Gasteiger partial charge in [0, 0.05) is 31.7 Å². The van der Waals surface area contributed by atoms with Crippen molar-refractivity contribution in [2.75, 3.05) is 19.6 Å². The van der Waals surface area contributed by atoms with E-state index >= 15 is 0 Å². The Kier molecular flexibility index (Phi) is 2.49. The molecular formula is C13H18N2O2. The zero-order valence-corrected chi connectivity index (χ0v) is 9.98. The standard InChI is InChI=1S/C13H18N2O2/c1-8-11-6-13(17)12(16)5-9(11)4-10-7-14-2-3-15(8)10/h5-6,8,10,14,16-17H,2-4,7H2,1H3. The van der Waals surface area contributed by atoms with E-state index in [9.17, 15) is 10.2 Å². The number of phenols is 2. The number of nitrogens with one attached hydrogen (secondary N) is 1. The SMILES string of the molecule is CC1c2cc(O)c(O)cc2CC2CNCCN21. The molecule has 1 fully saturated rings. The first kappa shape index (κ1) is 10.9. The molecule has 4 heteroatoms. The summed E-state index contributed by atoms with van der Waals surface area (Å²) in [5.74, 6) is -0.0163. The normalized spacial score (nSPS) is 28.5. The Balaban J connectivity index is 2.03. The zero-order chi connectivity index (χ0) is 12.0. The van der Waals surface area contributed by atoms with Crippen LogP contribution in [0.3, 0.4) is 0 Å². The van der Waals surface area contributed by atoms with Crippen LogP contribution < -0.4 is 5.32 Å². The monoisotopic (exact) mass is 234 g/mol. The van der Waals surface area contributed by atoms with Crippen LogP contribution in [0.2, 0.25) is 0 Å². The van der Waals surface area contributed by atoms with Crippen LogP contribution in [0.5, 0.6) is 11.5 Å². The van der Waals surface area contributed by atoms with Crippen molar-refractivity contribution in [2.45, 2.75) is 25.4 Å². The van der Waals surface area contributed by atoms with Crippen molar-refractivity contribution in [2.24, 2.45) is 0 Å². The Morgan fingerprint density at radius 1 is 1.29 bits per heavy atom. The third kappa shape index (κ3) is 1.68. The zero-order valence-electron chi connectivity index (χ0n) is 9.98. The summed E-state index contributed by atoms with van der Waals surface area (Å²) in [5, 5.41) is 22.6. The minimum absolute atomic E-state index is 0.00633. The van der Waals surface area contributed by atoms with Crippen molar-refractivity contribution in [3.8, 4) is 11.5 Å². The number of fused-ring (bicyclic) bond motifs is 2. The Labute approximate surface area is 101 Å². The molecule has 2 atom stereocenters. The topological polar surface area (TPSA) is 55.7 Å². The van der Waals surface area contributed by atoms with Gasteiger partial charge in [-0.15, -0.1) is 0 Å². The first-order valence-electron chi connectivity index (χ1n) is 6.18. The fraction of sp³-hybridized carbons (Fsp3) is 0.538. The largest absolute Gasteiger partial charge is 0.504 e. The van der Waals surface area contributed by atoms with Gasteiger partial charge in [-0.1, -0.05) is 0 Å². The van der Waals surface area contributed by atoms with Crippen LogP contribution >= 0.6 is 0 Å². The van der Waals surface area contributed by atoms with Gasteiger partial charge in [0.15, 0.2) is 11.5 Å². The predicted octanol–water partition coefficient (Wildman–Crippen LogP) is 0.989. The van der Waals surface area contributed by atoms with Crippen molar-refractivity contribution in [3.63, 3.8) is 0 Å². The fourth-order valence-corrected chi connectivity index (χ4v) is 3.11. The van der Waals surface area contributed by atoms with Crippen LogP contribution in [0.25, 0.3) is 0 Å². The Hall–Kier alpha value is -1.26. The smallest absolute Gasteiger partial charge is 0.157 e. The molecule has 2 unspecified atom stereocenters. The van der Waals surface area contributed by atoms with Gasteiger partial charge in [-0.25, -0.2) is 0 Å². The molecule has 1 saturated heterocycles. The molecule has 1 aromatic carbocycles. The maximum absolute atomic E-state index is 9.61. The lowest BCUT2D eigenvalue weighted by atomic mass is 9.87. The van der Waals surface area contributed by atoms with Gasteiger partial charge in [0.05, 0.1) is 0 Å². The maximum Gasteiger partial charge on any atom is 0.157 e. The molecule has 0 amide bonds. The van der Waals surface area contributed by atoms with E-state index in [-0.39, 0.29) is 11.5 Å². The van der Waals surface area contributed by atoms with Crippen molar-refractivity contribution < 1.29 is 10.2 Å². The van der Waals surface area contributed by atoms with Crippen molar-refractivity contribution >= 4 is 0 Å². The van der Waals surface area contributed by atoms with Gasteiger partial charge in [0.1, 0.15) is 0 Å². The van der Waals surface area contributed by atoms with Crippen LogP contribution in [-0.4, -0.2) is 40.8 Å². The minimum Gasteiger partial charge on any atom is -0.504 e. The molecule has 2 aliphatic rings. The molecule has 0 aliphatic carbocycles. The van der Waals surface area contributed by atoms with Crippen LogP contribution in [0.1, 0.15) is 24.1 Å². The summed E-state index contributed by atoms with van der Waals surface area (Å²) in [4.78, 5) is 2.48. The minimum atomic E-state index is -0.0100. The average molecular weight is 234 g/mol. The van der Waals surface area contributed by atoms with Crippen LogP contribution in [-0.2, 0) is 6.42 Å². The van der Waals surface area contributed by atoms with E-state index in [1.807, 2.05) is 0 Å². The average Bonchev–Trinajstić information content (AvgIpc) is 2.32. The molecule has 0 aromatic heterocycles. The molecule has 1 aromatic rings. The molecule has 92 valence electrons. The summed E-state index contributed by atoms with van der Waals surface area (Å²) in [6.07, 6.45) is 0.945. The van der Waals surface area contributed by atoms with Crippen LogP contribution in [0.4, 0.5) is 0 Å². The molecule has 3 rings (SSSR count). The third-order valence-electron chi connectivity index (χ3n) is 4.04. The maximum atomic E-state index is 9.61. The second-order valence-corrected chi connectivity index (χ2v) is 5.02. The van der Waals surface area contributed by atoms with E-state index in [2.05, 4.69) is 17.1 Å². The van der Waals surface area contributed by atoms with E-state index in [0.29, 0.717) is 12.1 Å². The molecule has 0 spiro atoms. The van der Waals surface area contributed by atoms with Gasteiger partial charge in [-0.05, 0) is 36.6 Å². The number of aromatic hydroxyl groups is 2. The summed E-state index contributed by atoms with van der Waals surface area (Å²) in [6.45, 7) is 5.26. The summed E-state index contributed by atoms with van der Waals surface area (Å²) >= 11 is 0. The lowest BCUT2D eigenvalue weighted by Crippen LogP contribution is -2.54. The third-order valence-corrected chi connectivity index (χ3v) is 4.04. The lowest BCUT2D eigenvalue weighted by molar-refractivity contribution is 0.101. The summed E-state index contributed by atoms with van der Waals surface area (Å²) in [7, 11) is 0. The molecule has 3 N–H and O–H groups in total. The van der Waals surface area contributed by atoms with Crippen LogP contribution in [0.15, 0.2) is 12.1 Å².